The Balaban J connectivity index is 2.44. The van der Waals surface area contributed by atoms with Crippen LogP contribution >= 0.6 is 15.9 Å². The van der Waals surface area contributed by atoms with Crippen LogP contribution in [0.1, 0.15) is 5.56 Å². The molecule has 1 aromatic heterocycles. The van der Waals surface area contributed by atoms with Crippen LogP contribution in [-0.4, -0.2) is 4.98 Å². The first-order chi connectivity index (χ1) is 6.75. The molecule has 1 nitrogen and oxygen atoms in total. The van der Waals surface area contributed by atoms with Gasteiger partial charge in [0, 0.05) is 22.4 Å². The highest BCUT2D eigenvalue weighted by Gasteiger charge is 1.97. The summed E-state index contributed by atoms with van der Waals surface area (Å²) in [4.78, 5) is 4.14. The van der Waals surface area contributed by atoms with Gasteiger partial charge in [-0.2, -0.15) is 0 Å². The number of benzene rings is 1. The zero-order valence-electron chi connectivity index (χ0n) is 7.87. The first-order valence-electron chi connectivity index (χ1n) is 4.43. The third-order valence-corrected chi connectivity index (χ3v) is 2.52. The average molecular weight is 248 g/mol. The minimum absolute atomic E-state index is 1.01. The highest BCUT2D eigenvalue weighted by atomic mass is 79.9. The van der Waals surface area contributed by atoms with Gasteiger partial charge in [0.25, 0.3) is 0 Å². The number of pyridine rings is 1. The van der Waals surface area contributed by atoms with Gasteiger partial charge in [0.1, 0.15) is 0 Å². The third-order valence-electron chi connectivity index (χ3n) is 2.09. The van der Waals surface area contributed by atoms with E-state index in [0.717, 1.165) is 10.0 Å². The largest absolute Gasteiger partial charge is 0.263 e. The fraction of sp³-hybridized carbons (Fsp3) is 0.0833. The van der Waals surface area contributed by atoms with Crippen molar-refractivity contribution in [3.8, 4) is 11.1 Å². The summed E-state index contributed by atoms with van der Waals surface area (Å²) in [6.07, 6.45) is 3.66. The molecule has 0 unspecified atom stereocenters. The molecule has 0 N–H and O–H groups in total. The molecule has 0 saturated carbocycles. The van der Waals surface area contributed by atoms with Gasteiger partial charge in [0.05, 0.1) is 0 Å². The molecule has 14 heavy (non-hydrogen) atoms. The number of halogens is 1. The maximum absolute atomic E-state index is 4.14. The van der Waals surface area contributed by atoms with E-state index in [9.17, 15) is 0 Å². The summed E-state index contributed by atoms with van der Waals surface area (Å²) in [7, 11) is 0. The highest BCUT2D eigenvalue weighted by Crippen LogP contribution is 2.21. The molecule has 0 atom stereocenters. The molecule has 1 aromatic carbocycles. The number of nitrogens with zero attached hydrogens (tertiary/aromatic N) is 1. The quantitative estimate of drug-likeness (QED) is 0.747. The van der Waals surface area contributed by atoms with Crippen LogP contribution in [0.2, 0.25) is 0 Å². The molecule has 0 aliphatic rings. The maximum Gasteiger partial charge on any atom is 0.0410 e. The molecule has 0 saturated heterocycles. The Morgan fingerprint density at radius 2 is 1.71 bits per heavy atom. The maximum atomic E-state index is 4.14. The van der Waals surface area contributed by atoms with Crippen LogP contribution in [0.4, 0.5) is 0 Å². The molecule has 0 spiro atoms. The Labute approximate surface area is 91.9 Å². The second-order valence-electron chi connectivity index (χ2n) is 3.26. The van der Waals surface area contributed by atoms with Crippen molar-refractivity contribution in [1.29, 1.82) is 0 Å². The van der Waals surface area contributed by atoms with E-state index in [1.807, 2.05) is 6.20 Å². The lowest BCUT2D eigenvalue weighted by atomic mass is 10.1. The predicted octanol–water partition coefficient (Wildman–Crippen LogP) is 3.82. The van der Waals surface area contributed by atoms with E-state index in [-0.39, 0.29) is 0 Å². The molecule has 0 aliphatic heterocycles. The minimum atomic E-state index is 1.01. The molecule has 70 valence electrons. The lowest BCUT2D eigenvalue weighted by Crippen LogP contribution is -1.80. The van der Waals surface area contributed by atoms with Gasteiger partial charge < -0.3 is 0 Å². The van der Waals surface area contributed by atoms with E-state index in [1.54, 1.807) is 6.20 Å². The van der Waals surface area contributed by atoms with Gasteiger partial charge in [0.15, 0.2) is 0 Å². The van der Waals surface area contributed by atoms with Gasteiger partial charge in [-0.1, -0.05) is 29.8 Å². The SMILES string of the molecule is Cc1ccc(-c2cncc(Br)c2)cc1. The van der Waals surface area contributed by atoms with Crippen molar-refractivity contribution in [3.05, 3.63) is 52.8 Å². The van der Waals surface area contributed by atoms with E-state index < -0.39 is 0 Å². The normalized spacial score (nSPS) is 10.1. The number of rotatable bonds is 1. The number of aryl methyl sites for hydroxylation is 1. The van der Waals surface area contributed by atoms with Crippen LogP contribution in [-0.2, 0) is 0 Å². The summed E-state index contributed by atoms with van der Waals surface area (Å²) in [6.45, 7) is 2.09. The summed E-state index contributed by atoms with van der Waals surface area (Å²) in [5.74, 6) is 0. The van der Waals surface area contributed by atoms with Gasteiger partial charge in [-0.15, -0.1) is 0 Å². The van der Waals surface area contributed by atoms with Crippen molar-refractivity contribution in [2.24, 2.45) is 0 Å². The summed E-state index contributed by atoms with van der Waals surface area (Å²) in [5.41, 5.74) is 3.61. The summed E-state index contributed by atoms with van der Waals surface area (Å²) in [5, 5.41) is 0. The topological polar surface area (TPSA) is 12.9 Å². The van der Waals surface area contributed by atoms with Crippen LogP contribution in [0.25, 0.3) is 11.1 Å². The smallest absolute Gasteiger partial charge is 0.0410 e. The van der Waals surface area contributed by atoms with Gasteiger partial charge in [0.2, 0.25) is 0 Å². The lowest BCUT2D eigenvalue weighted by Gasteiger charge is -2.01. The van der Waals surface area contributed by atoms with E-state index in [2.05, 4.69) is 58.2 Å². The van der Waals surface area contributed by atoms with Crippen molar-refractivity contribution in [2.45, 2.75) is 6.92 Å². The second kappa shape index (κ2) is 3.93. The van der Waals surface area contributed by atoms with E-state index in [0.29, 0.717) is 0 Å². The molecule has 0 bridgehead atoms. The number of aromatic nitrogens is 1. The van der Waals surface area contributed by atoms with Crippen molar-refractivity contribution in [3.63, 3.8) is 0 Å². The Morgan fingerprint density at radius 1 is 1.00 bits per heavy atom. The summed E-state index contributed by atoms with van der Waals surface area (Å²) < 4.78 is 1.01. The molecule has 2 heteroatoms. The van der Waals surface area contributed by atoms with E-state index in [1.165, 1.54) is 11.1 Å². The highest BCUT2D eigenvalue weighted by molar-refractivity contribution is 9.10. The third kappa shape index (κ3) is 2.02. The summed E-state index contributed by atoms with van der Waals surface area (Å²) in [6, 6.07) is 10.5. The monoisotopic (exact) mass is 247 g/mol. The van der Waals surface area contributed by atoms with Crippen molar-refractivity contribution >= 4 is 15.9 Å². The lowest BCUT2D eigenvalue weighted by molar-refractivity contribution is 1.31. The molecular formula is C12H10BrN. The average Bonchev–Trinajstić information content (AvgIpc) is 2.19. The van der Waals surface area contributed by atoms with Crippen molar-refractivity contribution < 1.29 is 0 Å². The zero-order valence-corrected chi connectivity index (χ0v) is 9.45. The Morgan fingerprint density at radius 3 is 2.36 bits per heavy atom. The Kier molecular flexibility index (Phi) is 2.64. The predicted molar refractivity (Wildman–Crippen MR) is 62.1 cm³/mol. The molecule has 0 aliphatic carbocycles. The van der Waals surface area contributed by atoms with Gasteiger partial charge in [-0.25, -0.2) is 0 Å². The Hall–Kier alpha value is -1.15. The molecular weight excluding hydrogens is 238 g/mol. The van der Waals surface area contributed by atoms with E-state index in [4.69, 9.17) is 0 Å². The van der Waals surface area contributed by atoms with E-state index >= 15 is 0 Å². The van der Waals surface area contributed by atoms with Gasteiger partial charge >= 0.3 is 0 Å². The molecule has 0 amide bonds. The fourth-order valence-corrected chi connectivity index (χ4v) is 1.68. The standard InChI is InChI=1S/C12H10BrN/c1-9-2-4-10(5-3-9)11-6-12(13)8-14-7-11/h2-8H,1H3. The Bertz CT molecular complexity index is 434. The molecule has 0 fully saturated rings. The number of hydrogen-bond donors (Lipinski definition) is 0. The van der Waals surface area contributed by atoms with Crippen LogP contribution in [0, 0.1) is 6.92 Å². The first kappa shape index (κ1) is 9.41. The van der Waals surface area contributed by atoms with Crippen molar-refractivity contribution in [1.82, 2.24) is 4.98 Å². The molecule has 2 rings (SSSR count). The van der Waals surface area contributed by atoms with Crippen molar-refractivity contribution in [2.75, 3.05) is 0 Å². The zero-order chi connectivity index (χ0) is 9.97. The molecule has 0 radical (unpaired) electrons. The first-order valence-corrected chi connectivity index (χ1v) is 5.22. The minimum Gasteiger partial charge on any atom is -0.263 e. The fourth-order valence-electron chi connectivity index (χ4n) is 1.32. The van der Waals surface area contributed by atoms with Crippen LogP contribution in [0.5, 0.6) is 0 Å². The number of hydrogen-bond acceptors (Lipinski definition) is 1. The summed E-state index contributed by atoms with van der Waals surface area (Å²) >= 11 is 3.41. The van der Waals surface area contributed by atoms with Crippen LogP contribution < -0.4 is 0 Å². The second-order valence-corrected chi connectivity index (χ2v) is 4.17. The van der Waals surface area contributed by atoms with Crippen LogP contribution in [0.3, 0.4) is 0 Å². The van der Waals surface area contributed by atoms with Crippen LogP contribution in [0.15, 0.2) is 47.2 Å². The van der Waals surface area contributed by atoms with Gasteiger partial charge in [-0.3, -0.25) is 4.98 Å². The molecule has 1 heterocycles. The van der Waals surface area contributed by atoms with Gasteiger partial charge in [-0.05, 0) is 34.5 Å². The molecule has 2 aromatic rings.